The Kier molecular flexibility index (Phi) is 8.98. The Labute approximate surface area is 154 Å². The fraction of sp³-hybridized carbons (Fsp3) is 0.944. The molecule has 0 radical (unpaired) electrons. The van der Waals surface area contributed by atoms with Crippen molar-refractivity contribution in [2.24, 2.45) is 10.9 Å². The van der Waals surface area contributed by atoms with E-state index >= 15 is 0 Å². The molecule has 5 nitrogen and oxygen atoms in total. The summed E-state index contributed by atoms with van der Waals surface area (Å²) in [4.78, 5) is 4.53. The summed E-state index contributed by atoms with van der Waals surface area (Å²) in [6, 6.07) is 0.0601. The molecule has 1 heterocycles. The van der Waals surface area contributed by atoms with Gasteiger partial charge in [-0.05, 0) is 51.9 Å². The van der Waals surface area contributed by atoms with Crippen molar-refractivity contribution in [1.82, 2.24) is 10.6 Å². The molecular weight excluding hydrogens is 347 g/mol. The Balaban J connectivity index is 1.66. The van der Waals surface area contributed by atoms with Crippen LogP contribution in [0.15, 0.2) is 4.99 Å². The summed E-state index contributed by atoms with van der Waals surface area (Å²) in [5, 5.41) is 6.45. The maximum absolute atomic E-state index is 12.7. The van der Waals surface area contributed by atoms with Gasteiger partial charge in [-0.25, -0.2) is 0 Å². The van der Waals surface area contributed by atoms with E-state index in [0.29, 0.717) is 38.1 Å². The lowest BCUT2D eigenvalue weighted by Gasteiger charge is -2.31. The van der Waals surface area contributed by atoms with Crippen molar-refractivity contribution in [2.75, 3.05) is 32.9 Å². The fourth-order valence-corrected chi connectivity index (χ4v) is 3.43. The molecule has 0 aromatic carbocycles. The van der Waals surface area contributed by atoms with Gasteiger partial charge in [-0.15, -0.1) is 0 Å². The van der Waals surface area contributed by atoms with Crippen molar-refractivity contribution < 1.29 is 22.6 Å². The van der Waals surface area contributed by atoms with Crippen LogP contribution in [0.25, 0.3) is 0 Å². The highest BCUT2D eigenvalue weighted by atomic mass is 19.4. The van der Waals surface area contributed by atoms with Crippen LogP contribution in [-0.4, -0.2) is 57.2 Å². The molecule has 0 aromatic rings. The summed E-state index contributed by atoms with van der Waals surface area (Å²) in [6.45, 7) is 5.55. The van der Waals surface area contributed by atoms with Crippen molar-refractivity contribution in [3.63, 3.8) is 0 Å². The summed E-state index contributed by atoms with van der Waals surface area (Å²) in [6.07, 6.45) is 0.412. The predicted octanol–water partition coefficient (Wildman–Crippen LogP) is 3.25. The lowest BCUT2D eigenvalue weighted by Crippen LogP contribution is -2.45. The fourth-order valence-electron chi connectivity index (χ4n) is 3.43. The quantitative estimate of drug-likeness (QED) is 0.405. The molecule has 2 fully saturated rings. The number of nitrogens with one attached hydrogen (secondary N) is 2. The largest absolute Gasteiger partial charge is 0.391 e. The first kappa shape index (κ1) is 21.3. The van der Waals surface area contributed by atoms with Crippen molar-refractivity contribution in [3.8, 4) is 0 Å². The van der Waals surface area contributed by atoms with Crippen LogP contribution in [0.2, 0.25) is 0 Å². The Morgan fingerprint density at radius 1 is 1.12 bits per heavy atom. The van der Waals surface area contributed by atoms with E-state index in [9.17, 15) is 13.2 Å². The van der Waals surface area contributed by atoms with Crippen molar-refractivity contribution in [3.05, 3.63) is 0 Å². The van der Waals surface area contributed by atoms with E-state index in [1.165, 1.54) is 0 Å². The highest BCUT2D eigenvalue weighted by Crippen LogP contribution is 2.37. The van der Waals surface area contributed by atoms with Crippen molar-refractivity contribution >= 4 is 5.96 Å². The highest BCUT2D eigenvalue weighted by Gasteiger charge is 2.41. The maximum atomic E-state index is 12.7. The summed E-state index contributed by atoms with van der Waals surface area (Å²) in [7, 11) is 0. The average Bonchev–Trinajstić information content (AvgIpc) is 2.62. The lowest BCUT2D eigenvalue weighted by atomic mass is 9.85. The highest BCUT2D eigenvalue weighted by molar-refractivity contribution is 5.80. The first-order valence-corrected chi connectivity index (χ1v) is 9.80. The second kappa shape index (κ2) is 11.0. The minimum Gasteiger partial charge on any atom is -0.381 e. The minimum absolute atomic E-state index is 0.0601. The molecule has 0 bridgehead atoms. The van der Waals surface area contributed by atoms with E-state index in [2.05, 4.69) is 15.6 Å². The van der Waals surface area contributed by atoms with Crippen LogP contribution in [0.5, 0.6) is 0 Å². The second-order valence-electron chi connectivity index (χ2n) is 7.03. The van der Waals surface area contributed by atoms with Gasteiger partial charge in [0, 0.05) is 39.0 Å². The molecule has 0 spiro atoms. The third kappa shape index (κ3) is 7.70. The third-order valence-corrected chi connectivity index (χ3v) is 4.97. The molecule has 2 N–H and O–H groups in total. The van der Waals surface area contributed by atoms with Gasteiger partial charge in [-0.2, -0.15) is 13.2 Å². The van der Waals surface area contributed by atoms with Gasteiger partial charge in [0.05, 0.1) is 12.0 Å². The standard InChI is InChI=1S/C18H32F3N3O2/c1-2-22-17(23-10-3-11-26-16-8-12-25-13-9-16)24-15-6-4-14(5-7-15)18(19,20)21/h14-16H,2-13H2,1H3,(H2,22,23,24). The lowest BCUT2D eigenvalue weighted by molar-refractivity contribution is -0.182. The molecule has 1 saturated carbocycles. The average molecular weight is 379 g/mol. The first-order valence-electron chi connectivity index (χ1n) is 9.80. The molecule has 0 amide bonds. The van der Waals surface area contributed by atoms with E-state index in [1.54, 1.807) is 0 Å². The summed E-state index contributed by atoms with van der Waals surface area (Å²) in [5.74, 6) is -0.462. The van der Waals surface area contributed by atoms with Crippen LogP contribution < -0.4 is 10.6 Å². The number of rotatable bonds is 7. The topological polar surface area (TPSA) is 54.9 Å². The van der Waals surface area contributed by atoms with E-state index in [4.69, 9.17) is 9.47 Å². The molecule has 2 aliphatic rings. The van der Waals surface area contributed by atoms with Crippen LogP contribution in [-0.2, 0) is 9.47 Å². The van der Waals surface area contributed by atoms with Gasteiger partial charge in [-0.1, -0.05) is 0 Å². The summed E-state index contributed by atoms with van der Waals surface area (Å²) in [5.41, 5.74) is 0. The number of hydrogen-bond acceptors (Lipinski definition) is 3. The Hall–Kier alpha value is -1.02. The van der Waals surface area contributed by atoms with Crippen LogP contribution >= 0.6 is 0 Å². The van der Waals surface area contributed by atoms with Gasteiger partial charge in [-0.3, -0.25) is 4.99 Å². The van der Waals surface area contributed by atoms with Crippen LogP contribution in [0, 0.1) is 5.92 Å². The van der Waals surface area contributed by atoms with Crippen LogP contribution in [0.4, 0.5) is 13.2 Å². The molecule has 26 heavy (non-hydrogen) atoms. The van der Waals surface area contributed by atoms with Gasteiger partial charge in [0.2, 0.25) is 0 Å². The van der Waals surface area contributed by atoms with E-state index in [0.717, 1.165) is 39.0 Å². The minimum atomic E-state index is -4.06. The molecule has 0 aromatic heterocycles. The van der Waals surface area contributed by atoms with Gasteiger partial charge >= 0.3 is 6.18 Å². The molecule has 1 aliphatic heterocycles. The Morgan fingerprint density at radius 2 is 1.81 bits per heavy atom. The number of aliphatic imine (C=N–C) groups is 1. The molecular formula is C18H32F3N3O2. The zero-order valence-electron chi connectivity index (χ0n) is 15.6. The molecule has 2 rings (SSSR count). The maximum Gasteiger partial charge on any atom is 0.391 e. The van der Waals surface area contributed by atoms with E-state index in [1.807, 2.05) is 6.92 Å². The number of nitrogens with zero attached hydrogens (tertiary/aromatic N) is 1. The van der Waals surface area contributed by atoms with Gasteiger partial charge in [0.15, 0.2) is 5.96 Å². The number of alkyl halides is 3. The molecule has 0 unspecified atom stereocenters. The third-order valence-electron chi connectivity index (χ3n) is 4.97. The molecule has 1 saturated heterocycles. The van der Waals surface area contributed by atoms with Crippen molar-refractivity contribution in [2.45, 2.75) is 70.2 Å². The van der Waals surface area contributed by atoms with Gasteiger partial charge in [0.25, 0.3) is 0 Å². The number of ether oxygens (including phenoxy) is 2. The number of hydrogen-bond donors (Lipinski definition) is 2. The SMILES string of the molecule is CCNC(=NCCCOC1CCOCC1)NC1CCC(C(F)(F)F)CC1. The van der Waals surface area contributed by atoms with Crippen molar-refractivity contribution in [1.29, 1.82) is 0 Å². The normalized spacial score (nSPS) is 25.9. The summed E-state index contributed by atoms with van der Waals surface area (Å²) < 4.78 is 49.4. The van der Waals surface area contributed by atoms with Gasteiger partial charge < -0.3 is 20.1 Å². The Bertz CT molecular complexity index is 418. The van der Waals surface area contributed by atoms with E-state index < -0.39 is 12.1 Å². The zero-order valence-corrected chi connectivity index (χ0v) is 15.6. The second-order valence-corrected chi connectivity index (χ2v) is 7.03. The Morgan fingerprint density at radius 3 is 2.42 bits per heavy atom. The van der Waals surface area contributed by atoms with Gasteiger partial charge in [0.1, 0.15) is 0 Å². The predicted molar refractivity (Wildman–Crippen MR) is 95.3 cm³/mol. The first-order chi connectivity index (χ1) is 12.5. The molecule has 152 valence electrons. The van der Waals surface area contributed by atoms with Crippen LogP contribution in [0.1, 0.15) is 51.9 Å². The number of halogens is 3. The molecule has 0 atom stereocenters. The molecule has 1 aliphatic carbocycles. The van der Waals surface area contributed by atoms with E-state index in [-0.39, 0.29) is 18.9 Å². The van der Waals surface area contributed by atoms with Crippen LogP contribution in [0.3, 0.4) is 0 Å². The zero-order chi connectivity index (χ0) is 18.8. The monoisotopic (exact) mass is 379 g/mol. The molecule has 8 heteroatoms. The number of guanidine groups is 1. The smallest absolute Gasteiger partial charge is 0.381 e. The summed E-state index contributed by atoms with van der Waals surface area (Å²) >= 11 is 0.